The van der Waals surface area contributed by atoms with E-state index in [1.165, 1.54) is 6.07 Å². The monoisotopic (exact) mass is 376 g/mol. The smallest absolute Gasteiger partial charge is 0.308 e. The van der Waals surface area contributed by atoms with Crippen LogP contribution in [0.2, 0.25) is 5.02 Å². The zero-order chi connectivity index (χ0) is 18.8. The van der Waals surface area contributed by atoms with E-state index in [4.69, 9.17) is 11.6 Å². The number of rotatable bonds is 3. The molecule has 0 saturated carbocycles. The summed E-state index contributed by atoms with van der Waals surface area (Å²) in [7, 11) is 1.77. The van der Waals surface area contributed by atoms with Gasteiger partial charge in [0.25, 0.3) is 0 Å². The Balaban J connectivity index is 1.81. The number of halogens is 3. The molecule has 2 amide bonds. The molecule has 0 radical (unpaired) electrons. The molecule has 2 aromatic carbocycles. The first-order valence-electron chi connectivity index (χ1n) is 7.66. The van der Waals surface area contributed by atoms with Crippen molar-refractivity contribution in [3.8, 4) is 11.3 Å². The van der Waals surface area contributed by atoms with E-state index in [9.17, 15) is 13.6 Å². The van der Waals surface area contributed by atoms with E-state index in [1.54, 1.807) is 30.1 Å². The Morgan fingerprint density at radius 3 is 2.35 bits per heavy atom. The standard InChI is InChI=1S/C18H15ClF2N4O/c1-10-3-4-11(7-13(10)17-14(19)9-22-25(17)2)23-18(26)24-12-5-6-15(20)16(21)8-12/h3-9H,1-2H3,(H2,23,24,26). The van der Waals surface area contributed by atoms with Gasteiger partial charge in [-0.3, -0.25) is 4.68 Å². The third-order valence-corrected chi connectivity index (χ3v) is 4.10. The first kappa shape index (κ1) is 17.9. The van der Waals surface area contributed by atoms with Gasteiger partial charge in [-0.1, -0.05) is 17.7 Å². The van der Waals surface area contributed by atoms with Crippen molar-refractivity contribution in [2.24, 2.45) is 7.05 Å². The molecular formula is C18H15ClF2N4O. The maximum absolute atomic E-state index is 13.2. The lowest BCUT2D eigenvalue weighted by Crippen LogP contribution is -2.19. The van der Waals surface area contributed by atoms with Gasteiger partial charge in [0, 0.05) is 30.1 Å². The Bertz CT molecular complexity index is 968. The average molecular weight is 377 g/mol. The molecule has 134 valence electrons. The molecule has 2 N–H and O–H groups in total. The second-order valence-corrected chi connectivity index (χ2v) is 6.11. The van der Waals surface area contributed by atoms with Gasteiger partial charge in [0.05, 0.1) is 16.9 Å². The molecule has 26 heavy (non-hydrogen) atoms. The van der Waals surface area contributed by atoms with Gasteiger partial charge >= 0.3 is 6.03 Å². The number of nitrogens with one attached hydrogen (secondary N) is 2. The van der Waals surface area contributed by atoms with E-state index in [-0.39, 0.29) is 5.69 Å². The fraction of sp³-hybridized carbons (Fsp3) is 0.111. The number of aryl methyl sites for hydroxylation is 2. The van der Waals surface area contributed by atoms with Gasteiger partial charge in [0.2, 0.25) is 0 Å². The zero-order valence-electron chi connectivity index (χ0n) is 14.0. The summed E-state index contributed by atoms with van der Waals surface area (Å²) in [5.41, 5.74) is 3.17. The maximum atomic E-state index is 13.2. The highest BCUT2D eigenvalue weighted by Crippen LogP contribution is 2.31. The highest BCUT2D eigenvalue weighted by molar-refractivity contribution is 6.33. The third-order valence-electron chi connectivity index (χ3n) is 3.82. The number of hydrogen-bond donors (Lipinski definition) is 2. The number of carbonyl (C=O) groups excluding carboxylic acids is 1. The lowest BCUT2D eigenvalue weighted by molar-refractivity contribution is 0.262. The summed E-state index contributed by atoms with van der Waals surface area (Å²) < 4.78 is 27.8. The van der Waals surface area contributed by atoms with E-state index >= 15 is 0 Å². The van der Waals surface area contributed by atoms with E-state index in [0.29, 0.717) is 10.7 Å². The Hall–Kier alpha value is -2.93. The van der Waals surface area contributed by atoms with E-state index in [2.05, 4.69) is 15.7 Å². The van der Waals surface area contributed by atoms with Gasteiger partial charge in [-0.15, -0.1) is 0 Å². The first-order valence-corrected chi connectivity index (χ1v) is 8.04. The van der Waals surface area contributed by atoms with Crippen LogP contribution in [-0.2, 0) is 7.05 Å². The molecule has 0 atom stereocenters. The Morgan fingerprint density at radius 2 is 1.73 bits per heavy atom. The number of amides is 2. The number of urea groups is 1. The van der Waals surface area contributed by atoms with Crippen molar-refractivity contribution >= 4 is 29.0 Å². The van der Waals surface area contributed by atoms with Crippen LogP contribution in [0.5, 0.6) is 0 Å². The topological polar surface area (TPSA) is 59.0 Å². The maximum Gasteiger partial charge on any atom is 0.323 e. The second-order valence-electron chi connectivity index (χ2n) is 5.70. The molecule has 1 aromatic heterocycles. The summed E-state index contributed by atoms with van der Waals surface area (Å²) in [4.78, 5) is 12.1. The predicted molar refractivity (Wildman–Crippen MR) is 97.4 cm³/mol. The minimum atomic E-state index is -1.04. The van der Waals surface area contributed by atoms with Gasteiger partial charge in [-0.25, -0.2) is 13.6 Å². The second kappa shape index (κ2) is 7.13. The quantitative estimate of drug-likeness (QED) is 0.678. The fourth-order valence-corrected chi connectivity index (χ4v) is 2.80. The lowest BCUT2D eigenvalue weighted by Gasteiger charge is -2.12. The molecule has 0 aliphatic carbocycles. The first-order chi connectivity index (χ1) is 12.3. The molecule has 3 rings (SSSR count). The van der Waals surface area contributed by atoms with Crippen molar-refractivity contribution in [1.29, 1.82) is 0 Å². The summed E-state index contributed by atoms with van der Waals surface area (Å²) in [6.45, 7) is 1.92. The molecule has 8 heteroatoms. The number of aromatic nitrogens is 2. The molecule has 0 bridgehead atoms. The number of carbonyl (C=O) groups is 1. The van der Waals surface area contributed by atoms with Crippen LogP contribution in [-0.4, -0.2) is 15.8 Å². The Labute approximate surface area is 153 Å². The van der Waals surface area contributed by atoms with Gasteiger partial charge in [-0.2, -0.15) is 5.10 Å². The predicted octanol–water partition coefficient (Wildman–Crippen LogP) is 4.97. The average Bonchev–Trinajstić information content (AvgIpc) is 2.91. The SMILES string of the molecule is Cc1ccc(NC(=O)Nc2ccc(F)c(F)c2)cc1-c1c(Cl)cnn1C. The molecule has 3 aromatic rings. The van der Waals surface area contributed by atoms with Gasteiger partial charge in [-0.05, 0) is 36.8 Å². The molecule has 1 heterocycles. The molecule has 0 spiro atoms. The summed E-state index contributed by atoms with van der Waals surface area (Å²) in [6.07, 6.45) is 1.55. The molecule has 0 unspecified atom stereocenters. The molecule has 0 saturated heterocycles. The summed E-state index contributed by atoms with van der Waals surface area (Å²) >= 11 is 6.20. The Kier molecular flexibility index (Phi) is 4.90. The van der Waals surface area contributed by atoms with Crippen molar-refractivity contribution in [1.82, 2.24) is 9.78 Å². The molecule has 0 fully saturated rings. The van der Waals surface area contributed by atoms with Crippen LogP contribution >= 0.6 is 11.6 Å². The number of nitrogens with zero attached hydrogens (tertiary/aromatic N) is 2. The van der Waals surface area contributed by atoms with Gasteiger partial charge in [0.15, 0.2) is 11.6 Å². The lowest BCUT2D eigenvalue weighted by atomic mass is 10.0. The molecule has 0 aliphatic rings. The van der Waals surface area contributed by atoms with Crippen molar-refractivity contribution in [3.05, 3.63) is 64.8 Å². The number of hydrogen-bond acceptors (Lipinski definition) is 2. The van der Waals surface area contributed by atoms with Crippen LogP contribution in [0.3, 0.4) is 0 Å². The van der Waals surface area contributed by atoms with Crippen LogP contribution in [0.25, 0.3) is 11.3 Å². The number of anilines is 2. The van der Waals surface area contributed by atoms with Gasteiger partial charge in [0.1, 0.15) is 0 Å². The van der Waals surface area contributed by atoms with Crippen LogP contribution in [0, 0.1) is 18.6 Å². The van der Waals surface area contributed by atoms with Crippen molar-refractivity contribution < 1.29 is 13.6 Å². The molecular weight excluding hydrogens is 362 g/mol. The zero-order valence-corrected chi connectivity index (χ0v) is 14.7. The van der Waals surface area contributed by atoms with E-state index < -0.39 is 17.7 Å². The Morgan fingerprint density at radius 1 is 1.08 bits per heavy atom. The van der Waals surface area contributed by atoms with Crippen LogP contribution in [0.1, 0.15) is 5.56 Å². The van der Waals surface area contributed by atoms with Crippen LogP contribution in [0.4, 0.5) is 25.0 Å². The van der Waals surface area contributed by atoms with E-state index in [1.807, 2.05) is 13.0 Å². The molecule has 0 aliphatic heterocycles. The minimum absolute atomic E-state index is 0.142. The van der Waals surface area contributed by atoms with E-state index in [0.717, 1.165) is 29.0 Å². The summed E-state index contributed by atoms with van der Waals surface area (Å²) in [6, 6.07) is 7.88. The van der Waals surface area contributed by atoms with Crippen molar-refractivity contribution in [3.63, 3.8) is 0 Å². The highest BCUT2D eigenvalue weighted by Gasteiger charge is 2.13. The van der Waals surface area contributed by atoms with Gasteiger partial charge < -0.3 is 10.6 Å². The van der Waals surface area contributed by atoms with Crippen LogP contribution < -0.4 is 10.6 Å². The fourth-order valence-electron chi connectivity index (χ4n) is 2.54. The molecule has 5 nitrogen and oxygen atoms in total. The summed E-state index contributed by atoms with van der Waals surface area (Å²) in [5.74, 6) is -2.02. The van der Waals surface area contributed by atoms with Crippen molar-refractivity contribution in [2.75, 3.05) is 10.6 Å². The van der Waals surface area contributed by atoms with Crippen molar-refractivity contribution in [2.45, 2.75) is 6.92 Å². The minimum Gasteiger partial charge on any atom is -0.308 e. The number of benzene rings is 2. The van der Waals surface area contributed by atoms with Crippen LogP contribution in [0.15, 0.2) is 42.6 Å². The normalized spacial score (nSPS) is 10.7. The largest absolute Gasteiger partial charge is 0.323 e. The third kappa shape index (κ3) is 3.67. The highest BCUT2D eigenvalue weighted by atomic mass is 35.5. The summed E-state index contributed by atoms with van der Waals surface area (Å²) in [5, 5.41) is 9.72.